The van der Waals surface area contributed by atoms with Crippen LogP contribution in [0.2, 0.25) is 0 Å². The van der Waals surface area contributed by atoms with Gasteiger partial charge < -0.3 is 14.5 Å². The molecule has 7 heteroatoms. The molecule has 0 saturated carbocycles. The first-order valence-electron chi connectivity index (χ1n) is 7.42. The summed E-state index contributed by atoms with van der Waals surface area (Å²) in [5.41, 5.74) is 0.241. The van der Waals surface area contributed by atoms with Gasteiger partial charge in [0.1, 0.15) is 22.7 Å². The number of hydrogen-bond donors (Lipinski definition) is 1. The number of hydrogen-bond acceptors (Lipinski definition) is 6. The Hall–Kier alpha value is -2.70. The fourth-order valence-electron chi connectivity index (χ4n) is 2.29. The number of ether oxygens (including phenoxy) is 2. The quantitative estimate of drug-likeness (QED) is 0.645. The zero-order valence-corrected chi connectivity index (χ0v) is 13.3. The van der Waals surface area contributed by atoms with Crippen molar-refractivity contribution in [1.29, 1.82) is 0 Å². The van der Waals surface area contributed by atoms with Crippen molar-refractivity contribution in [2.45, 2.75) is 27.2 Å². The van der Waals surface area contributed by atoms with Crippen LogP contribution >= 0.6 is 0 Å². The topological polar surface area (TPSA) is 98.4 Å². The van der Waals surface area contributed by atoms with Gasteiger partial charge in [0.15, 0.2) is 6.29 Å². The molecule has 0 atom stereocenters. The van der Waals surface area contributed by atoms with Crippen LogP contribution in [-0.2, 0) is 11.2 Å². The molecule has 0 aliphatic heterocycles. The molecule has 23 heavy (non-hydrogen) atoms. The third kappa shape index (κ3) is 3.08. The molecule has 0 spiro atoms. The van der Waals surface area contributed by atoms with Crippen molar-refractivity contribution in [3.8, 4) is 5.75 Å². The summed E-state index contributed by atoms with van der Waals surface area (Å²) in [7, 11) is 0. The molecule has 2 heterocycles. The molecule has 0 unspecified atom stereocenters. The standard InChI is InChI=1S/C16H18N2O5/c1-4-10-13(16(21)23-6-3)14(20)9-7-12(22-5-2)11(8-19)18-15(9)17-10/h7-8H,4-6H2,1-3H3,(H,17,18,20). The smallest absolute Gasteiger partial charge is 0.343 e. The van der Waals surface area contributed by atoms with Crippen molar-refractivity contribution in [3.63, 3.8) is 0 Å². The Morgan fingerprint density at radius 2 is 2.04 bits per heavy atom. The zero-order valence-electron chi connectivity index (χ0n) is 13.3. The number of aromatic nitrogens is 2. The highest BCUT2D eigenvalue weighted by atomic mass is 16.5. The first-order valence-corrected chi connectivity index (χ1v) is 7.42. The molecule has 2 aromatic rings. The van der Waals surface area contributed by atoms with E-state index in [4.69, 9.17) is 9.47 Å². The van der Waals surface area contributed by atoms with E-state index in [9.17, 15) is 14.4 Å². The normalized spacial score (nSPS) is 10.6. The third-order valence-corrected chi connectivity index (χ3v) is 3.30. The number of carbonyl (C=O) groups excluding carboxylic acids is 2. The van der Waals surface area contributed by atoms with Crippen LogP contribution in [0.25, 0.3) is 11.0 Å². The predicted molar refractivity (Wildman–Crippen MR) is 84.3 cm³/mol. The van der Waals surface area contributed by atoms with Crippen molar-refractivity contribution in [3.05, 3.63) is 33.2 Å². The summed E-state index contributed by atoms with van der Waals surface area (Å²) in [5, 5.41) is 0.180. The Morgan fingerprint density at radius 1 is 1.30 bits per heavy atom. The summed E-state index contributed by atoms with van der Waals surface area (Å²) < 4.78 is 10.3. The monoisotopic (exact) mass is 318 g/mol. The number of aromatic amines is 1. The van der Waals surface area contributed by atoms with Crippen molar-refractivity contribution < 1.29 is 19.1 Å². The third-order valence-electron chi connectivity index (χ3n) is 3.30. The molecule has 1 N–H and O–H groups in total. The molecule has 2 rings (SSSR count). The van der Waals surface area contributed by atoms with Gasteiger partial charge in [0.25, 0.3) is 0 Å². The van der Waals surface area contributed by atoms with Gasteiger partial charge in [-0.15, -0.1) is 0 Å². The number of esters is 1. The van der Waals surface area contributed by atoms with Gasteiger partial charge in [0.2, 0.25) is 5.43 Å². The number of aryl methyl sites for hydroxylation is 1. The van der Waals surface area contributed by atoms with Crippen LogP contribution in [0, 0.1) is 0 Å². The molecule has 0 amide bonds. The molecule has 0 aliphatic rings. The van der Waals surface area contributed by atoms with Gasteiger partial charge in [-0.1, -0.05) is 6.92 Å². The minimum Gasteiger partial charge on any atom is -0.491 e. The van der Waals surface area contributed by atoms with Crippen molar-refractivity contribution in [1.82, 2.24) is 9.97 Å². The first-order chi connectivity index (χ1) is 11.1. The summed E-state index contributed by atoms with van der Waals surface area (Å²) >= 11 is 0. The average Bonchev–Trinajstić information content (AvgIpc) is 2.54. The first kappa shape index (κ1) is 16.7. The summed E-state index contributed by atoms with van der Waals surface area (Å²) in [6.45, 7) is 5.72. The fraction of sp³-hybridized carbons (Fsp3) is 0.375. The van der Waals surface area contributed by atoms with Gasteiger partial charge in [-0.2, -0.15) is 0 Å². The molecule has 0 saturated heterocycles. The maximum Gasteiger partial charge on any atom is 0.343 e. The van der Waals surface area contributed by atoms with Crippen LogP contribution in [0.3, 0.4) is 0 Å². The van der Waals surface area contributed by atoms with Crippen LogP contribution in [0.4, 0.5) is 0 Å². The maximum atomic E-state index is 12.7. The SMILES string of the molecule is CCOC(=O)c1c(CC)[nH]c2nc(C=O)c(OCC)cc2c1=O. The lowest BCUT2D eigenvalue weighted by molar-refractivity contribution is 0.0523. The predicted octanol–water partition coefficient (Wildman–Crippen LogP) is 1.87. The van der Waals surface area contributed by atoms with Gasteiger partial charge in [0.05, 0.1) is 18.6 Å². The van der Waals surface area contributed by atoms with Crippen molar-refractivity contribution in [2.24, 2.45) is 0 Å². The van der Waals surface area contributed by atoms with Crippen molar-refractivity contribution in [2.75, 3.05) is 13.2 Å². The summed E-state index contributed by atoms with van der Waals surface area (Å²) in [6, 6.07) is 1.43. The highest BCUT2D eigenvalue weighted by molar-refractivity contribution is 5.95. The molecule has 122 valence electrons. The number of nitrogens with one attached hydrogen (secondary N) is 1. The molecule has 0 radical (unpaired) electrons. The van der Waals surface area contributed by atoms with Crippen LogP contribution < -0.4 is 10.2 Å². The Kier molecular flexibility index (Phi) is 5.10. The summed E-state index contributed by atoms with van der Waals surface area (Å²) in [5.74, 6) is -0.468. The Labute approximate surface area is 132 Å². The van der Waals surface area contributed by atoms with Gasteiger partial charge in [0, 0.05) is 5.69 Å². The summed E-state index contributed by atoms with van der Waals surface area (Å²) in [4.78, 5) is 43.0. The van der Waals surface area contributed by atoms with Gasteiger partial charge in [-0.05, 0) is 26.3 Å². The largest absolute Gasteiger partial charge is 0.491 e. The second kappa shape index (κ2) is 7.04. The number of H-pyrrole nitrogens is 1. The molecular weight excluding hydrogens is 300 g/mol. The number of aldehydes is 1. The highest BCUT2D eigenvalue weighted by Crippen LogP contribution is 2.21. The van der Waals surface area contributed by atoms with E-state index in [0.717, 1.165) is 0 Å². The minimum atomic E-state index is -0.676. The molecule has 7 nitrogen and oxygen atoms in total. The number of carbonyl (C=O) groups is 2. The van der Waals surface area contributed by atoms with E-state index in [0.29, 0.717) is 25.0 Å². The Bertz CT molecular complexity index is 810. The second-order valence-corrected chi connectivity index (χ2v) is 4.70. The number of nitrogens with zero attached hydrogens (tertiary/aromatic N) is 1. The maximum absolute atomic E-state index is 12.7. The van der Waals surface area contributed by atoms with E-state index >= 15 is 0 Å². The lowest BCUT2D eigenvalue weighted by Gasteiger charge is -2.11. The zero-order chi connectivity index (χ0) is 17.0. The van der Waals surface area contributed by atoms with Gasteiger partial charge in [-0.25, -0.2) is 9.78 Å². The lowest BCUT2D eigenvalue weighted by atomic mass is 10.1. The lowest BCUT2D eigenvalue weighted by Crippen LogP contribution is -2.22. The van der Waals surface area contributed by atoms with E-state index in [1.165, 1.54) is 6.07 Å². The van der Waals surface area contributed by atoms with E-state index < -0.39 is 11.4 Å². The summed E-state index contributed by atoms with van der Waals surface area (Å²) in [6.07, 6.45) is 0.984. The van der Waals surface area contributed by atoms with E-state index in [1.54, 1.807) is 20.8 Å². The molecule has 2 aromatic heterocycles. The Balaban J connectivity index is 2.79. The molecule has 0 aromatic carbocycles. The Morgan fingerprint density at radius 3 is 2.61 bits per heavy atom. The molecule has 0 fully saturated rings. The molecule has 0 aliphatic carbocycles. The van der Waals surface area contributed by atoms with Crippen LogP contribution in [-0.4, -0.2) is 35.4 Å². The van der Waals surface area contributed by atoms with Crippen molar-refractivity contribution >= 4 is 23.3 Å². The van der Waals surface area contributed by atoms with Gasteiger partial charge >= 0.3 is 5.97 Å². The van der Waals surface area contributed by atoms with E-state index in [-0.39, 0.29) is 34.6 Å². The fourth-order valence-corrected chi connectivity index (χ4v) is 2.29. The van der Waals surface area contributed by atoms with Crippen LogP contribution in [0.1, 0.15) is 47.3 Å². The number of fused-ring (bicyclic) bond motifs is 1. The van der Waals surface area contributed by atoms with E-state index in [1.807, 2.05) is 0 Å². The minimum absolute atomic E-state index is 0.0371. The molecular formula is C16H18N2O5. The molecule has 0 bridgehead atoms. The second-order valence-electron chi connectivity index (χ2n) is 4.70. The van der Waals surface area contributed by atoms with E-state index in [2.05, 4.69) is 9.97 Å². The average molecular weight is 318 g/mol. The van der Waals surface area contributed by atoms with Crippen LogP contribution in [0.15, 0.2) is 10.9 Å². The number of rotatable bonds is 6. The van der Waals surface area contributed by atoms with Gasteiger partial charge in [-0.3, -0.25) is 9.59 Å². The highest BCUT2D eigenvalue weighted by Gasteiger charge is 2.21. The van der Waals surface area contributed by atoms with Crippen LogP contribution in [0.5, 0.6) is 5.75 Å². The number of pyridine rings is 2.